The van der Waals surface area contributed by atoms with Crippen molar-refractivity contribution in [2.24, 2.45) is 4.99 Å². The summed E-state index contributed by atoms with van der Waals surface area (Å²) in [5.74, 6) is 1.46. The average Bonchev–Trinajstić information content (AvgIpc) is 3.56. The number of methoxy groups -OCH3 is 1. The molecular weight excluding hydrogens is 528 g/mol. The van der Waals surface area contributed by atoms with Gasteiger partial charge in [0.2, 0.25) is 6.79 Å². The van der Waals surface area contributed by atoms with Gasteiger partial charge in [-0.3, -0.25) is 9.36 Å². The van der Waals surface area contributed by atoms with E-state index >= 15 is 0 Å². The van der Waals surface area contributed by atoms with Gasteiger partial charge >= 0.3 is 5.97 Å². The summed E-state index contributed by atoms with van der Waals surface area (Å²) in [4.78, 5) is 33.0. The lowest BCUT2D eigenvalue weighted by Gasteiger charge is -2.26. The number of aromatic nitrogens is 1. The lowest BCUT2D eigenvalue weighted by atomic mass is 9.93. The molecule has 40 heavy (non-hydrogen) atoms. The van der Waals surface area contributed by atoms with Crippen LogP contribution in [-0.2, 0) is 9.53 Å². The molecule has 0 saturated heterocycles. The Bertz CT molecular complexity index is 1820. The topological polar surface area (TPSA) is 88.4 Å². The van der Waals surface area contributed by atoms with Crippen molar-refractivity contribution in [2.45, 2.75) is 19.9 Å². The van der Waals surface area contributed by atoms with E-state index in [1.165, 1.54) is 11.3 Å². The maximum absolute atomic E-state index is 14.1. The molecule has 0 bridgehead atoms. The number of benzene rings is 3. The van der Waals surface area contributed by atoms with Crippen LogP contribution >= 0.6 is 11.3 Å². The first-order chi connectivity index (χ1) is 19.5. The summed E-state index contributed by atoms with van der Waals surface area (Å²) in [5, 5.41) is 0. The molecule has 6 rings (SSSR count). The predicted molar refractivity (Wildman–Crippen MR) is 151 cm³/mol. The molecule has 2 aliphatic rings. The summed E-state index contributed by atoms with van der Waals surface area (Å²) in [5.41, 5.74) is 3.80. The van der Waals surface area contributed by atoms with Gasteiger partial charge in [0.25, 0.3) is 5.56 Å². The number of hydrogen-bond donors (Lipinski definition) is 0. The minimum atomic E-state index is -0.753. The van der Waals surface area contributed by atoms with Crippen LogP contribution in [0.2, 0.25) is 0 Å². The van der Waals surface area contributed by atoms with Gasteiger partial charge in [-0.2, -0.15) is 0 Å². The highest BCUT2D eigenvalue weighted by molar-refractivity contribution is 7.07. The van der Waals surface area contributed by atoms with Crippen molar-refractivity contribution in [3.05, 3.63) is 114 Å². The van der Waals surface area contributed by atoms with Gasteiger partial charge in [0.15, 0.2) is 16.3 Å². The zero-order valence-corrected chi connectivity index (χ0v) is 23.0. The van der Waals surface area contributed by atoms with Crippen LogP contribution in [0, 0.1) is 6.92 Å². The Morgan fingerprint density at radius 3 is 2.52 bits per heavy atom. The van der Waals surface area contributed by atoms with Gasteiger partial charge in [0.1, 0.15) is 5.75 Å². The van der Waals surface area contributed by atoms with Crippen molar-refractivity contribution < 1.29 is 23.7 Å². The Hall–Kier alpha value is -4.63. The van der Waals surface area contributed by atoms with Crippen LogP contribution in [0.1, 0.15) is 35.2 Å². The van der Waals surface area contributed by atoms with Crippen molar-refractivity contribution in [3.63, 3.8) is 0 Å². The minimum Gasteiger partial charge on any atom is -0.497 e. The summed E-state index contributed by atoms with van der Waals surface area (Å²) in [6, 6.07) is 19.8. The van der Waals surface area contributed by atoms with Gasteiger partial charge in [-0.1, -0.05) is 53.8 Å². The molecule has 2 aliphatic heterocycles. The van der Waals surface area contributed by atoms with E-state index in [0.717, 1.165) is 22.3 Å². The van der Waals surface area contributed by atoms with Crippen LogP contribution in [0.5, 0.6) is 17.2 Å². The lowest BCUT2D eigenvalue weighted by molar-refractivity contribution is -0.138. The van der Waals surface area contributed by atoms with Crippen molar-refractivity contribution in [3.8, 4) is 17.2 Å². The zero-order chi connectivity index (χ0) is 27.8. The van der Waals surface area contributed by atoms with Crippen molar-refractivity contribution in [1.29, 1.82) is 0 Å². The molecule has 9 heteroatoms. The first-order valence-corrected chi connectivity index (χ1v) is 13.6. The molecule has 1 unspecified atom stereocenters. The fourth-order valence-corrected chi connectivity index (χ4v) is 5.89. The van der Waals surface area contributed by atoms with E-state index in [-0.39, 0.29) is 19.0 Å². The monoisotopic (exact) mass is 554 g/mol. The number of carbonyl (C=O) groups is 1. The highest BCUT2D eigenvalue weighted by atomic mass is 32.1. The number of ether oxygens (including phenoxy) is 4. The molecule has 0 fully saturated rings. The van der Waals surface area contributed by atoms with Crippen molar-refractivity contribution >= 4 is 29.1 Å². The second kappa shape index (κ2) is 10.5. The predicted octanol–water partition coefficient (Wildman–Crippen LogP) is 3.98. The highest BCUT2D eigenvalue weighted by Gasteiger charge is 2.35. The number of carbonyl (C=O) groups excluding carboxylic acids is 1. The van der Waals surface area contributed by atoms with Gasteiger partial charge < -0.3 is 18.9 Å². The molecule has 0 spiro atoms. The number of thiazole rings is 1. The Morgan fingerprint density at radius 2 is 1.82 bits per heavy atom. The quantitative estimate of drug-likeness (QED) is 0.335. The SMILES string of the molecule is CCOC(=O)C1=C(c2ccccc2)N=c2s/c(=C\c3cc4c(cc3C)OCO4)c(=O)n2C1c1ccc(OC)cc1. The molecule has 0 N–H and O–H groups in total. The van der Waals surface area contributed by atoms with Gasteiger partial charge in [0.05, 0.1) is 35.6 Å². The maximum Gasteiger partial charge on any atom is 0.338 e. The highest BCUT2D eigenvalue weighted by Crippen LogP contribution is 2.36. The van der Waals surface area contributed by atoms with Crippen LogP contribution in [0.4, 0.5) is 0 Å². The van der Waals surface area contributed by atoms with Gasteiger partial charge in [-0.05, 0) is 60.9 Å². The molecule has 1 aromatic heterocycles. The smallest absolute Gasteiger partial charge is 0.338 e. The van der Waals surface area contributed by atoms with E-state index in [1.807, 2.05) is 79.7 Å². The molecule has 1 atom stereocenters. The maximum atomic E-state index is 14.1. The van der Waals surface area contributed by atoms with Crippen LogP contribution in [0.15, 0.2) is 82.1 Å². The van der Waals surface area contributed by atoms with E-state index in [9.17, 15) is 9.59 Å². The molecule has 4 aromatic rings. The van der Waals surface area contributed by atoms with E-state index < -0.39 is 12.0 Å². The Kier molecular flexibility index (Phi) is 6.73. The van der Waals surface area contributed by atoms with Gasteiger partial charge in [-0.15, -0.1) is 0 Å². The second-order valence-corrected chi connectivity index (χ2v) is 10.3. The lowest BCUT2D eigenvalue weighted by Crippen LogP contribution is -2.40. The number of esters is 1. The Labute approximate surface area is 234 Å². The Morgan fingerprint density at radius 1 is 1.10 bits per heavy atom. The van der Waals surface area contributed by atoms with Crippen LogP contribution in [0.3, 0.4) is 0 Å². The molecule has 0 radical (unpaired) electrons. The van der Waals surface area contributed by atoms with E-state index in [4.69, 9.17) is 23.9 Å². The summed E-state index contributed by atoms with van der Waals surface area (Å²) in [7, 11) is 1.59. The third-order valence-electron chi connectivity index (χ3n) is 6.85. The number of nitrogens with zero attached hydrogens (tertiary/aromatic N) is 2. The molecule has 0 amide bonds. The normalized spacial score (nSPS) is 16.0. The summed E-state index contributed by atoms with van der Waals surface area (Å²) in [6.45, 7) is 4.07. The number of hydrogen-bond acceptors (Lipinski definition) is 8. The third-order valence-corrected chi connectivity index (χ3v) is 7.84. The average molecular weight is 555 g/mol. The first-order valence-electron chi connectivity index (χ1n) is 12.8. The standard InChI is InChI=1S/C31H26N2O6S/c1-4-37-30(35)26-27(19-8-6-5-7-9-19)32-31-33(28(26)20-10-12-22(36-3)13-11-20)29(34)25(40-31)16-21-15-24-23(14-18(21)2)38-17-39-24/h5-16,28H,4,17H2,1-3H3/b25-16-. The van der Waals surface area contributed by atoms with Crippen LogP contribution in [-0.4, -0.2) is 31.0 Å². The molecule has 202 valence electrons. The van der Waals surface area contributed by atoms with Gasteiger partial charge in [-0.25, -0.2) is 9.79 Å². The molecule has 3 heterocycles. The second-order valence-electron chi connectivity index (χ2n) is 9.27. The zero-order valence-electron chi connectivity index (χ0n) is 22.2. The number of aryl methyl sites for hydroxylation is 1. The Balaban J connectivity index is 1.62. The number of fused-ring (bicyclic) bond motifs is 2. The molecule has 3 aromatic carbocycles. The summed E-state index contributed by atoms with van der Waals surface area (Å²) < 4.78 is 24.0. The van der Waals surface area contributed by atoms with E-state index in [0.29, 0.717) is 37.9 Å². The van der Waals surface area contributed by atoms with Crippen LogP contribution < -0.4 is 29.1 Å². The molecule has 0 saturated carbocycles. The fraction of sp³-hybridized carbons (Fsp3) is 0.194. The summed E-state index contributed by atoms with van der Waals surface area (Å²) >= 11 is 1.28. The van der Waals surface area contributed by atoms with Crippen molar-refractivity contribution in [1.82, 2.24) is 4.57 Å². The third kappa shape index (κ3) is 4.48. The minimum absolute atomic E-state index is 0.168. The summed E-state index contributed by atoms with van der Waals surface area (Å²) in [6.07, 6.45) is 1.84. The van der Waals surface area contributed by atoms with Gasteiger partial charge in [0, 0.05) is 5.56 Å². The number of rotatable bonds is 6. The van der Waals surface area contributed by atoms with E-state index in [1.54, 1.807) is 18.6 Å². The van der Waals surface area contributed by atoms with E-state index in [2.05, 4.69) is 0 Å². The van der Waals surface area contributed by atoms with Crippen molar-refractivity contribution in [2.75, 3.05) is 20.5 Å². The molecular formula is C31H26N2O6S. The molecule has 8 nitrogen and oxygen atoms in total. The first kappa shape index (κ1) is 25.6. The van der Waals surface area contributed by atoms with Crippen LogP contribution in [0.25, 0.3) is 11.8 Å². The molecule has 0 aliphatic carbocycles. The fourth-order valence-electron chi connectivity index (χ4n) is 4.90. The largest absolute Gasteiger partial charge is 0.497 e.